The molecule has 2 amide bonds. The Bertz CT molecular complexity index is 552. The summed E-state index contributed by atoms with van der Waals surface area (Å²) in [4.78, 5) is 38.1. The molecule has 1 saturated carbocycles. The Morgan fingerprint density at radius 3 is 2.59 bits per heavy atom. The number of nitrogens with one attached hydrogen (secondary N) is 1. The van der Waals surface area contributed by atoms with Crippen molar-refractivity contribution in [2.45, 2.75) is 71.9 Å². The molecular weight excluding hydrogens is 364 g/mol. The van der Waals surface area contributed by atoms with Crippen LogP contribution in [0.1, 0.15) is 60.3 Å². The predicted molar refractivity (Wildman–Crippen MR) is 107 cm³/mol. The second kappa shape index (κ2) is 9.80. The Labute approximate surface area is 167 Å². The van der Waals surface area contributed by atoms with Gasteiger partial charge >= 0.3 is 5.97 Å². The van der Waals surface area contributed by atoms with Gasteiger partial charge in [0.2, 0.25) is 11.8 Å². The lowest BCUT2D eigenvalue weighted by Gasteiger charge is -2.37. The maximum Gasteiger partial charge on any atom is 0.316 e. The third-order valence-electron chi connectivity index (χ3n) is 5.36. The van der Waals surface area contributed by atoms with Crippen molar-refractivity contribution in [1.82, 2.24) is 10.2 Å². The summed E-state index contributed by atoms with van der Waals surface area (Å²) in [6.45, 7) is 11.2. The van der Waals surface area contributed by atoms with E-state index in [4.69, 9.17) is 4.74 Å². The van der Waals surface area contributed by atoms with Gasteiger partial charge in [-0.3, -0.25) is 14.4 Å². The highest BCUT2D eigenvalue weighted by molar-refractivity contribution is 8.00. The molecule has 0 bridgehead atoms. The van der Waals surface area contributed by atoms with Gasteiger partial charge in [0.15, 0.2) is 5.50 Å². The summed E-state index contributed by atoms with van der Waals surface area (Å²) in [5, 5.41) is 2.82. The van der Waals surface area contributed by atoms with Gasteiger partial charge < -0.3 is 15.0 Å². The highest BCUT2D eigenvalue weighted by Crippen LogP contribution is 2.35. The lowest BCUT2D eigenvalue weighted by molar-refractivity contribution is -0.152. The smallest absolute Gasteiger partial charge is 0.316 e. The first-order valence-electron chi connectivity index (χ1n) is 10.1. The van der Waals surface area contributed by atoms with Gasteiger partial charge in [-0.25, -0.2) is 0 Å². The summed E-state index contributed by atoms with van der Waals surface area (Å²) in [7, 11) is 0. The van der Waals surface area contributed by atoms with Crippen LogP contribution in [-0.4, -0.2) is 46.6 Å². The minimum Gasteiger partial charge on any atom is -0.461 e. The van der Waals surface area contributed by atoms with Gasteiger partial charge in [0.25, 0.3) is 0 Å². The predicted octanol–water partition coefficient (Wildman–Crippen LogP) is 3.01. The Balaban J connectivity index is 1.92. The van der Waals surface area contributed by atoms with E-state index in [0.717, 1.165) is 12.8 Å². The average molecular weight is 399 g/mol. The van der Waals surface area contributed by atoms with E-state index in [-0.39, 0.29) is 42.0 Å². The second-order valence-corrected chi connectivity index (χ2v) is 9.77. The van der Waals surface area contributed by atoms with Crippen LogP contribution in [0, 0.1) is 23.7 Å². The molecule has 6 nitrogen and oxygen atoms in total. The fraction of sp³-hybridized carbons (Fsp3) is 0.850. The molecule has 1 saturated heterocycles. The van der Waals surface area contributed by atoms with Crippen molar-refractivity contribution in [3.05, 3.63) is 0 Å². The molecule has 1 N–H and O–H groups in total. The number of rotatable bonds is 7. The van der Waals surface area contributed by atoms with Crippen LogP contribution < -0.4 is 5.32 Å². The van der Waals surface area contributed by atoms with E-state index < -0.39 is 5.50 Å². The number of carbonyl (C=O) groups excluding carboxylic acids is 3. The number of hydrogen-bond acceptors (Lipinski definition) is 5. The molecule has 27 heavy (non-hydrogen) atoms. The van der Waals surface area contributed by atoms with Crippen LogP contribution in [-0.2, 0) is 19.1 Å². The molecule has 1 aliphatic carbocycles. The van der Waals surface area contributed by atoms with Crippen LogP contribution in [0.3, 0.4) is 0 Å². The zero-order valence-corrected chi connectivity index (χ0v) is 18.0. The second-order valence-electron chi connectivity index (χ2n) is 8.70. The van der Waals surface area contributed by atoms with Crippen LogP contribution in [0.15, 0.2) is 0 Å². The van der Waals surface area contributed by atoms with Crippen molar-refractivity contribution in [2.75, 3.05) is 12.3 Å². The van der Waals surface area contributed by atoms with Gasteiger partial charge in [0.1, 0.15) is 12.5 Å². The molecule has 2 aliphatic rings. The van der Waals surface area contributed by atoms with Crippen LogP contribution in [0.4, 0.5) is 0 Å². The highest BCUT2D eigenvalue weighted by Gasteiger charge is 2.35. The van der Waals surface area contributed by atoms with Gasteiger partial charge in [-0.2, -0.15) is 0 Å². The quantitative estimate of drug-likeness (QED) is 0.527. The molecule has 0 unspecified atom stereocenters. The molecule has 0 aromatic carbocycles. The summed E-state index contributed by atoms with van der Waals surface area (Å²) in [5.74, 6) is 1.15. The Morgan fingerprint density at radius 2 is 1.96 bits per heavy atom. The van der Waals surface area contributed by atoms with Crippen LogP contribution >= 0.6 is 11.8 Å². The summed E-state index contributed by atoms with van der Waals surface area (Å²) in [5.41, 5.74) is -0.500. The monoisotopic (exact) mass is 398 g/mol. The molecule has 7 heteroatoms. The number of amides is 2. The number of carbonyl (C=O) groups is 3. The van der Waals surface area contributed by atoms with Crippen LogP contribution in [0.25, 0.3) is 0 Å². The normalized spacial score (nSPS) is 29.2. The van der Waals surface area contributed by atoms with Crippen molar-refractivity contribution in [1.29, 1.82) is 0 Å². The number of ether oxygens (including phenoxy) is 1. The lowest BCUT2D eigenvalue weighted by atomic mass is 9.75. The third-order valence-corrected chi connectivity index (χ3v) is 6.46. The van der Waals surface area contributed by atoms with E-state index in [1.807, 2.05) is 13.8 Å². The molecule has 0 spiro atoms. The van der Waals surface area contributed by atoms with E-state index in [2.05, 4.69) is 26.1 Å². The largest absolute Gasteiger partial charge is 0.461 e. The van der Waals surface area contributed by atoms with Crippen molar-refractivity contribution in [3.63, 3.8) is 0 Å². The van der Waals surface area contributed by atoms with Gasteiger partial charge in [-0.15, -0.1) is 11.8 Å². The van der Waals surface area contributed by atoms with E-state index in [9.17, 15) is 14.4 Å². The molecule has 0 aromatic rings. The first-order chi connectivity index (χ1) is 12.7. The van der Waals surface area contributed by atoms with Crippen LogP contribution in [0.5, 0.6) is 0 Å². The van der Waals surface area contributed by atoms with Crippen molar-refractivity contribution in [2.24, 2.45) is 23.7 Å². The first kappa shape index (κ1) is 22.1. The minimum absolute atomic E-state index is 0.0313. The topological polar surface area (TPSA) is 75.7 Å². The van der Waals surface area contributed by atoms with Gasteiger partial charge in [0.05, 0.1) is 5.75 Å². The fourth-order valence-electron chi connectivity index (χ4n) is 3.96. The summed E-state index contributed by atoms with van der Waals surface area (Å²) in [6.07, 6.45) is 3.05. The van der Waals surface area contributed by atoms with Gasteiger partial charge in [0, 0.05) is 6.54 Å². The highest BCUT2D eigenvalue weighted by atomic mass is 32.2. The molecule has 0 aromatic heterocycles. The molecule has 4 atom stereocenters. The Hall–Kier alpha value is -1.24. The van der Waals surface area contributed by atoms with Gasteiger partial charge in [-0.1, -0.05) is 41.0 Å². The van der Waals surface area contributed by atoms with Crippen molar-refractivity contribution >= 4 is 29.5 Å². The SMILES string of the molecule is CC(C)CN1C(=O)CC(=O)N[C@@H]1SCC(=O)O[C@@H]1C[C@H](C)CC[C@H]1C(C)C. The third kappa shape index (κ3) is 6.40. The molecule has 2 rings (SSSR count). The number of thioether (sulfide) groups is 1. The minimum atomic E-state index is -0.500. The maximum atomic E-state index is 12.5. The number of esters is 1. The zero-order chi connectivity index (χ0) is 20.1. The van der Waals surface area contributed by atoms with E-state index >= 15 is 0 Å². The van der Waals surface area contributed by atoms with Crippen molar-refractivity contribution in [3.8, 4) is 0 Å². The molecule has 1 aliphatic heterocycles. The molecular formula is C20H34N2O4S. The van der Waals surface area contributed by atoms with Gasteiger partial charge in [-0.05, 0) is 36.5 Å². The van der Waals surface area contributed by atoms with E-state index in [1.54, 1.807) is 4.90 Å². The lowest BCUT2D eigenvalue weighted by Crippen LogP contribution is -2.56. The summed E-state index contributed by atoms with van der Waals surface area (Å²) in [6, 6.07) is 0. The Kier molecular flexibility index (Phi) is 8.01. The van der Waals surface area contributed by atoms with Crippen molar-refractivity contribution < 1.29 is 19.1 Å². The van der Waals surface area contributed by atoms with E-state index in [1.165, 1.54) is 18.2 Å². The fourth-order valence-corrected chi connectivity index (χ4v) is 4.92. The molecule has 154 valence electrons. The Morgan fingerprint density at radius 1 is 1.26 bits per heavy atom. The summed E-state index contributed by atoms with van der Waals surface area (Å²) < 4.78 is 5.82. The standard InChI is InChI=1S/C20H34N2O4S/c1-12(2)10-22-18(24)9-17(23)21-20(22)27-11-19(25)26-16-8-14(5)6-7-15(16)13(3)4/h12-16,20H,6-11H2,1-5H3,(H,21,23)/t14-,15+,16-,20+/m1/s1. The molecule has 0 radical (unpaired) electrons. The maximum absolute atomic E-state index is 12.5. The number of nitrogens with zero attached hydrogens (tertiary/aromatic N) is 1. The van der Waals surface area contributed by atoms with E-state index in [0.29, 0.717) is 24.3 Å². The average Bonchev–Trinajstić information content (AvgIpc) is 2.55. The first-order valence-corrected chi connectivity index (χ1v) is 11.1. The zero-order valence-electron chi connectivity index (χ0n) is 17.2. The van der Waals surface area contributed by atoms with Crippen LogP contribution in [0.2, 0.25) is 0 Å². The number of hydrogen-bond donors (Lipinski definition) is 1. The molecule has 2 fully saturated rings. The summed E-state index contributed by atoms with van der Waals surface area (Å²) >= 11 is 1.26. The molecule has 1 heterocycles.